The summed E-state index contributed by atoms with van der Waals surface area (Å²) in [6.07, 6.45) is 3.72. The number of rotatable bonds is 4. The number of non-ortho nitro benzene ring substituents is 1. The first-order chi connectivity index (χ1) is 8.65. The van der Waals surface area contributed by atoms with E-state index in [0.717, 1.165) is 37.9 Å². The maximum absolute atomic E-state index is 10.5. The number of nitrogens with one attached hydrogen (secondary N) is 1. The number of nitro groups is 1. The molecular formula is C13H18N2O3. The lowest BCUT2D eigenvalue weighted by atomic mass is 9.87. The highest BCUT2D eigenvalue weighted by Crippen LogP contribution is 2.24. The van der Waals surface area contributed by atoms with Gasteiger partial charge in [-0.1, -0.05) is 0 Å². The van der Waals surface area contributed by atoms with E-state index >= 15 is 0 Å². The highest BCUT2D eigenvalue weighted by atomic mass is 16.6. The molecule has 5 heteroatoms. The molecule has 18 heavy (non-hydrogen) atoms. The van der Waals surface area contributed by atoms with E-state index in [2.05, 4.69) is 5.32 Å². The Bertz CT molecular complexity index is 397. The highest BCUT2D eigenvalue weighted by Gasteiger charge is 2.18. The summed E-state index contributed by atoms with van der Waals surface area (Å²) in [7, 11) is 0. The van der Waals surface area contributed by atoms with E-state index < -0.39 is 4.92 Å². The van der Waals surface area contributed by atoms with Crippen molar-refractivity contribution in [2.24, 2.45) is 5.92 Å². The van der Waals surface area contributed by atoms with Gasteiger partial charge in [0.15, 0.2) is 0 Å². The number of benzene rings is 1. The monoisotopic (exact) mass is 250 g/mol. The molecule has 2 N–H and O–H groups in total. The van der Waals surface area contributed by atoms with Gasteiger partial charge in [-0.2, -0.15) is 0 Å². The molecule has 0 aliphatic heterocycles. The molecule has 5 nitrogen and oxygen atoms in total. The van der Waals surface area contributed by atoms with Crippen molar-refractivity contribution >= 4 is 11.4 Å². The molecule has 1 saturated carbocycles. The van der Waals surface area contributed by atoms with Gasteiger partial charge in [0.05, 0.1) is 11.0 Å². The average Bonchev–Trinajstić information content (AvgIpc) is 2.38. The van der Waals surface area contributed by atoms with E-state index in [9.17, 15) is 15.2 Å². The summed E-state index contributed by atoms with van der Waals surface area (Å²) in [6, 6.07) is 6.48. The van der Waals surface area contributed by atoms with Gasteiger partial charge in [0.2, 0.25) is 0 Å². The summed E-state index contributed by atoms with van der Waals surface area (Å²) in [4.78, 5) is 10.1. The Balaban J connectivity index is 1.81. The molecule has 0 amide bonds. The summed E-state index contributed by atoms with van der Waals surface area (Å²) in [5.41, 5.74) is 1.02. The fraction of sp³-hybridized carbons (Fsp3) is 0.538. The van der Waals surface area contributed by atoms with Crippen LogP contribution in [0.5, 0.6) is 0 Å². The molecule has 1 aliphatic rings. The van der Waals surface area contributed by atoms with Crippen molar-refractivity contribution in [3.63, 3.8) is 0 Å². The van der Waals surface area contributed by atoms with Crippen LogP contribution in [0.15, 0.2) is 24.3 Å². The van der Waals surface area contributed by atoms with Crippen molar-refractivity contribution in [3.8, 4) is 0 Å². The van der Waals surface area contributed by atoms with Gasteiger partial charge in [0.1, 0.15) is 0 Å². The molecule has 1 aromatic rings. The minimum atomic E-state index is -0.397. The lowest BCUT2D eigenvalue weighted by Crippen LogP contribution is -2.23. The summed E-state index contributed by atoms with van der Waals surface area (Å²) < 4.78 is 0. The van der Waals surface area contributed by atoms with Gasteiger partial charge in [0, 0.05) is 24.4 Å². The van der Waals surface area contributed by atoms with Crippen LogP contribution in [0, 0.1) is 16.0 Å². The lowest BCUT2D eigenvalue weighted by molar-refractivity contribution is -0.384. The van der Waals surface area contributed by atoms with Gasteiger partial charge >= 0.3 is 0 Å². The van der Waals surface area contributed by atoms with Crippen LogP contribution >= 0.6 is 0 Å². The lowest BCUT2D eigenvalue weighted by Gasteiger charge is -2.25. The average molecular weight is 250 g/mol. The third-order valence-corrected chi connectivity index (χ3v) is 3.49. The van der Waals surface area contributed by atoms with Crippen LogP contribution in [0.1, 0.15) is 25.7 Å². The molecule has 2 rings (SSSR count). The van der Waals surface area contributed by atoms with Crippen molar-refractivity contribution in [1.82, 2.24) is 0 Å². The van der Waals surface area contributed by atoms with E-state index in [1.165, 1.54) is 12.1 Å². The molecule has 0 bridgehead atoms. The molecule has 0 heterocycles. The molecule has 0 atom stereocenters. The second-order valence-corrected chi connectivity index (χ2v) is 4.86. The fourth-order valence-corrected chi connectivity index (χ4v) is 2.31. The zero-order chi connectivity index (χ0) is 13.0. The molecular weight excluding hydrogens is 232 g/mol. The Morgan fingerprint density at radius 3 is 2.39 bits per heavy atom. The number of aliphatic hydroxyl groups is 1. The molecule has 98 valence electrons. The summed E-state index contributed by atoms with van der Waals surface area (Å²) in [5, 5.41) is 23.2. The first-order valence-electron chi connectivity index (χ1n) is 6.31. The normalized spacial score (nSPS) is 23.6. The second kappa shape index (κ2) is 5.82. The number of nitro benzene ring substituents is 1. The summed E-state index contributed by atoms with van der Waals surface area (Å²) >= 11 is 0. The SMILES string of the molecule is O=[N+]([O-])c1ccc(NCC2CCC(O)CC2)cc1. The van der Waals surface area contributed by atoms with Gasteiger partial charge in [-0.05, 0) is 43.7 Å². The number of aliphatic hydroxyl groups excluding tert-OH is 1. The van der Waals surface area contributed by atoms with Gasteiger partial charge in [-0.15, -0.1) is 0 Å². The van der Waals surface area contributed by atoms with Crippen molar-refractivity contribution in [2.45, 2.75) is 31.8 Å². The molecule has 1 aliphatic carbocycles. The highest BCUT2D eigenvalue weighted by molar-refractivity contribution is 5.48. The maximum Gasteiger partial charge on any atom is 0.269 e. The molecule has 0 unspecified atom stereocenters. The van der Waals surface area contributed by atoms with Gasteiger partial charge in [-0.25, -0.2) is 0 Å². The van der Waals surface area contributed by atoms with Crippen LogP contribution in [0.4, 0.5) is 11.4 Å². The Labute approximate surface area is 106 Å². The van der Waals surface area contributed by atoms with Crippen molar-refractivity contribution in [1.29, 1.82) is 0 Å². The van der Waals surface area contributed by atoms with Gasteiger partial charge in [-0.3, -0.25) is 10.1 Å². The quantitative estimate of drug-likeness (QED) is 0.636. The van der Waals surface area contributed by atoms with E-state index in [-0.39, 0.29) is 11.8 Å². The Morgan fingerprint density at radius 2 is 1.83 bits per heavy atom. The van der Waals surface area contributed by atoms with Crippen molar-refractivity contribution < 1.29 is 10.0 Å². The Morgan fingerprint density at radius 1 is 1.22 bits per heavy atom. The zero-order valence-corrected chi connectivity index (χ0v) is 10.2. The largest absolute Gasteiger partial charge is 0.393 e. The fourth-order valence-electron chi connectivity index (χ4n) is 2.31. The van der Waals surface area contributed by atoms with Crippen LogP contribution in [0.25, 0.3) is 0 Å². The van der Waals surface area contributed by atoms with E-state index in [1.807, 2.05) is 0 Å². The summed E-state index contributed by atoms with van der Waals surface area (Å²) in [5.74, 6) is 0.587. The standard InChI is InChI=1S/C13H18N2O3/c16-13-7-1-10(2-8-13)9-14-11-3-5-12(6-4-11)15(17)18/h3-6,10,13-14,16H,1-2,7-9H2. The predicted molar refractivity (Wildman–Crippen MR) is 69.6 cm³/mol. The first-order valence-corrected chi connectivity index (χ1v) is 6.31. The molecule has 1 aromatic carbocycles. The third kappa shape index (κ3) is 3.43. The van der Waals surface area contributed by atoms with Crippen LogP contribution in [-0.4, -0.2) is 22.7 Å². The van der Waals surface area contributed by atoms with Gasteiger partial charge < -0.3 is 10.4 Å². The third-order valence-electron chi connectivity index (χ3n) is 3.49. The van der Waals surface area contributed by atoms with E-state index in [1.54, 1.807) is 12.1 Å². The number of hydrogen-bond acceptors (Lipinski definition) is 4. The van der Waals surface area contributed by atoms with Crippen LogP contribution in [0.3, 0.4) is 0 Å². The van der Waals surface area contributed by atoms with Crippen LogP contribution in [-0.2, 0) is 0 Å². The van der Waals surface area contributed by atoms with Crippen LogP contribution in [0.2, 0.25) is 0 Å². The summed E-state index contributed by atoms with van der Waals surface area (Å²) in [6.45, 7) is 0.866. The molecule has 1 fully saturated rings. The Kier molecular flexibility index (Phi) is 4.15. The van der Waals surface area contributed by atoms with Gasteiger partial charge in [0.25, 0.3) is 5.69 Å². The predicted octanol–water partition coefficient (Wildman–Crippen LogP) is 2.56. The second-order valence-electron chi connectivity index (χ2n) is 4.86. The minimum absolute atomic E-state index is 0.112. The zero-order valence-electron chi connectivity index (χ0n) is 10.2. The minimum Gasteiger partial charge on any atom is -0.393 e. The topological polar surface area (TPSA) is 75.4 Å². The van der Waals surface area contributed by atoms with E-state index in [0.29, 0.717) is 5.92 Å². The maximum atomic E-state index is 10.5. The molecule has 0 aromatic heterocycles. The number of hydrogen-bond donors (Lipinski definition) is 2. The molecule has 0 spiro atoms. The van der Waals surface area contributed by atoms with Crippen LogP contribution < -0.4 is 5.32 Å². The smallest absolute Gasteiger partial charge is 0.269 e. The molecule has 0 saturated heterocycles. The molecule has 0 radical (unpaired) electrons. The number of nitrogens with zero attached hydrogens (tertiary/aromatic N) is 1. The first kappa shape index (κ1) is 12.8. The van der Waals surface area contributed by atoms with E-state index in [4.69, 9.17) is 0 Å². The Hall–Kier alpha value is -1.62. The number of anilines is 1. The van der Waals surface area contributed by atoms with Crippen molar-refractivity contribution in [2.75, 3.05) is 11.9 Å². The van der Waals surface area contributed by atoms with Crippen molar-refractivity contribution in [3.05, 3.63) is 34.4 Å².